The third-order valence-corrected chi connectivity index (χ3v) is 2.60. The van der Waals surface area contributed by atoms with E-state index >= 15 is 0 Å². The first-order valence-corrected chi connectivity index (χ1v) is 5.59. The number of benzene rings is 1. The van der Waals surface area contributed by atoms with E-state index < -0.39 is 29.2 Å². The lowest BCUT2D eigenvalue weighted by Gasteiger charge is -2.10. The summed E-state index contributed by atoms with van der Waals surface area (Å²) in [6.07, 6.45) is 0.722. The fourth-order valence-electron chi connectivity index (χ4n) is 1.61. The van der Waals surface area contributed by atoms with Crippen molar-refractivity contribution in [1.29, 1.82) is 0 Å². The van der Waals surface area contributed by atoms with E-state index in [9.17, 15) is 17.6 Å². The number of hydrogen-bond donors (Lipinski definition) is 1. The Labute approximate surface area is 107 Å². The highest BCUT2D eigenvalue weighted by atomic mass is 19.2. The summed E-state index contributed by atoms with van der Waals surface area (Å²) >= 11 is 0. The first-order chi connectivity index (χ1) is 9.02. The van der Waals surface area contributed by atoms with Gasteiger partial charge in [0.25, 0.3) is 11.9 Å². The van der Waals surface area contributed by atoms with Crippen molar-refractivity contribution in [2.75, 3.05) is 5.32 Å². The van der Waals surface area contributed by atoms with Gasteiger partial charge in [0, 0.05) is 5.69 Å². The quantitative estimate of drug-likeness (QED) is 0.675. The number of halogens is 4. The Balaban J connectivity index is 2.43. The third-order valence-electron chi connectivity index (χ3n) is 2.60. The summed E-state index contributed by atoms with van der Waals surface area (Å²) in [5, 5.41) is 2.33. The number of anilines is 2. The molecule has 6 heteroatoms. The van der Waals surface area contributed by atoms with Crippen LogP contribution in [0.3, 0.4) is 0 Å². The van der Waals surface area contributed by atoms with Gasteiger partial charge in [0.15, 0.2) is 0 Å². The van der Waals surface area contributed by atoms with Gasteiger partial charge in [-0.05, 0) is 24.1 Å². The van der Waals surface area contributed by atoms with E-state index in [0.29, 0.717) is 5.69 Å². The largest absolute Gasteiger partial charge is 0.350 e. The molecule has 1 aromatic heterocycles. The normalized spacial score (nSPS) is 10.6. The molecule has 2 rings (SSSR count). The summed E-state index contributed by atoms with van der Waals surface area (Å²) < 4.78 is 52.7. The molecule has 2 aromatic rings. The predicted molar refractivity (Wildman–Crippen MR) is 63.2 cm³/mol. The van der Waals surface area contributed by atoms with Gasteiger partial charge >= 0.3 is 0 Å². The Kier molecular flexibility index (Phi) is 3.69. The summed E-state index contributed by atoms with van der Waals surface area (Å²) in [4.78, 5) is 2.49. The van der Waals surface area contributed by atoms with Crippen molar-refractivity contribution in [3.8, 4) is 0 Å². The minimum absolute atomic E-state index is 0.335. The maximum Gasteiger partial charge on any atom is 0.253 e. The molecule has 0 radical (unpaired) electrons. The molecule has 0 atom stereocenters. The van der Waals surface area contributed by atoms with E-state index in [1.165, 1.54) is 6.07 Å². The van der Waals surface area contributed by atoms with Gasteiger partial charge in [-0.15, -0.1) is 0 Å². The van der Waals surface area contributed by atoms with E-state index in [1.807, 2.05) is 13.0 Å². The fourth-order valence-corrected chi connectivity index (χ4v) is 1.61. The molecule has 0 aliphatic carbocycles. The number of hydrogen-bond acceptors (Lipinski definition) is 2. The highest BCUT2D eigenvalue weighted by molar-refractivity contribution is 5.61. The number of nitrogens with zero attached hydrogens (tertiary/aromatic N) is 1. The van der Waals surface area contributed by atoms with Gasteiger partial charge in [0.2, 0.25) is 11.6 Å². The molecular weight excluding hydrogens is 260 g/mol. The summed E-state index contributed by atoms with van der Waals surface area (Å²) in [5.74, 6) is -6.48. The molecule has 0 saturated carbocycles. The molecule has 19 heavy (non-hydrogen) atoms. The monoisotopic (exact) mass is 270 g/mol. The Morgan fingerprint density at radius 3 is 2.26 bits per heavy atom. The average Bonchev–Trinajstić information content (AvgIpc) is 2.41. The highest BCUT2D eigenvalue weighted by Crippen LogP contribution is 2.26. The zero-order valence-electron chi connectivity index (χ0n) is 9.98. The minimum atomic E-state index is -1.69. The topological polar surface area (TPSA) is 24.9 Å². The Hall–Kier alpha value is -2.11. The fraction of sp³-hybridized carbons (Fsp3) is 0.154. The molecule has 0 amide bonds. The van der Waals surface area contributed by atoms with E-state index in [-0.39, 0.29) is 0 Å². The second-order valence-electron chi connectivity index (χ2n) is 3.88. The maximum atomic E-state index is 13.4. The van der Waals surface area contributed by atoms with E-state index in [1.54, 1.807) is 12.1 Å². The van der Waals surface area contributed by atoms with Crippen molar-refractivity contribution in [2.45, 2.75) is 13.3 Å². The van der Waals surface area contributed by atoms with E-state index in [4.69, 9.17) is 0 Å². The van der Waals surface area contributed by atoms with Gasteiger partial charge in [-0.3, -0.25) is 0 Å². The van der Waals surface area contributed by atoms with Gasteiger partial charge in [0.05, 0.1) is 0 Å². The summed E-state index contributed by atoms with van der Waals surface area (Å²) in [6.45, 7) is 1.91. The van der Waals surface area contributed by atoms with Crippen LogP contribution in [-0.4, -0.2) is 4.98 Å². The Morgan fingerprint density at radius 1 is 1.05 bits per heavy atom. The molecule has 0 saturated heterocycles. The van der Waals surface area contributed by atoms with Crippen molar-refractivity contribution in [3.05, 3.63) is 53.4 Å². The van der Waals surface area contributed by atoms with Crippen molar-refractivity contribution in [1.82, 2.24) is 4.98 Å². The van der Waals surface area contributed by atoms with Crippen LogP contribution in [0.1, 0.15) is 12.5 Å². The second-order valence-corrected chi connectivity index (χ2v) is 3.88. The molecule has 0 fully saturated rings. The molecule has 0 aliphatic heterocycles. The zero-order valence-corrected chi connectivity index (χ0v) is 9.98. The lowest BCUT2D eigenvalue weighted by Crippen LogP contribution is -2.06. The van der Waals surface area contributed by atoms with Crippen LogP contribution >= 0.6 is 0 Å². The minimum Gasteiger partial charge on any atom is -0.350 e. The van der Waals surface area contributed by atoms with Crippen LogP contribution < -0.4 is 5.32 Å². The number of nitrogens with one attached hydrogen (secondary N) is 1. The summed E-state index contributed by atoms with van der Waals surface area (Å²) in [7, 11) is 0. The van der Waals surface area contributed by atoms with Gasteiger partial charge in [-0.25, -0.2) is 0 Å². The zero-order chi connectivity index (χ0) is 14.0. The van der Waals surface area contributed by atoms with Crippen LogP contribution in [0.5, 0.6) is 0 Å². The maximum absolute atomic E-state index is 13.4. The van der Waals surface area contributed by atoms with Gasteiger partial charge < -0.3 is 5.32 Å². The summed E-state index contributed by atoms with van der Waals surface area (Å²) in [5.41, 5.74) is 0.362. The third kappa shape index (κ3) is 2.67. The van der Waals surface area contributed by atoms with Crippen molar-refractivity contribution < 1.29 is 17.6 Å². The highest BCUT2D eigenvalue weighted by Gasteiger charge is 2.20. The second kappa shape index (κ2) is 5.26. The molecule has 2 nitrogen and oxygen atoms in total. The van der Waals surface area contributed by atoms with Crippen LogP contribution in [0.25, 0.3) is 0 Å². The molecule has 0 aliphatic rings. The van der Waals surface area contributed by atoms with Gasteiger partial charge in [-0.2, -0.15) is 22.5 Å². The lowest BCUT2D eigenvalue weighted by molar-refractivity contribution is 0.411. The first-order valence-electron chi connectivity index (χ1n) is 5.59. The Morgan fingerprint density at radius 2 is 1.68 bits per heavy atom. The molecule has 0 spiro atoms. The number of pyridine rings is 1. The molecule has 0 unspecified atom stereocenters. The lowest BCUT2D eigenvalue weighted by atomic mass is 10.1. The number of aromatic nitrogens is 1. The molecule has 1 aromatic carbocycles. The molecule has 100 valence electrons. The van der Waals surface area contributed by atoms with Crippen molar-refractivity contribution in [3.63, 3.8) is 0 Å². The van der Waals surface area contributed by atoms with Crippen LogP contribution in [0.15, 0.2) is 24.3 Å². The molecule has 1 N–H and O–H groups in total. The van der Waals surface area contributed by atoms with E-state index in [2.05, 4.69) is 10.3 Å². The first kappa shape index (κ1) is 13.3. The van der Waals surface area contributed by atoms with Gasteiger partial charge in [-0.1, -0.05) is 19.1 Å². The van der Waals surface area contributed by atoms with Crippen LogP contribution in [0.4, 0.5) is 28.9 Å². The van der Waals surface area contributed by atoms with Crippen molar-refractivity contribution in [2.24, 2.45) is 0 Å². The molecule has 1 heterocycles. The smallest absolute Gasteiger partial charge is 0.253 e. The van der Waals surface area contributed by atoms with Crippen LogP contribution in [-0.2, 0) is 6.42 Å². The van der Waals surface area contributed by atoms with Gasteiger partial charge in [0.1, 0.15) is 5.69 Å². The standard InChI is InChI=1S/C13H10F4N2/c1-2-7-4-3-5-8(6-7)18-11-9(14)12(16)19-13(17)10(11)15/h3-6H,2H2,1H3,(H,18,19). The van der Waals surface area contributed by atoms with E-state index in [0.717, 1.165) is 12.0 Å². The molecule has 0 bridgehead atoms. The molecular formula is C13H10F4N2. The predicted octanol–water partition coefficient (Wildman–Crippen LogP) is 3.94. The van der Waals surface area contributed by atoms with Crippen LogP contribution in [0, 0.1) is 23.5 Å². The summed E-state index contributed by atoms with van der Waals surface area (Å²) in [6, 6.07) is 6.67. The number of rotatable bonds is 3. The van der Waals surface area contributed by atoms with Crippen LogP contribution in [0.2, 0.25) is 0 Å². The SMILES string of the molecule is CCc1cccc(Nc2c(F)c(F)nc(F)c2F)c1. The van der Waals surface area contributed by atoms with Crippen molar-refractivity contribution >= 4 is 11.4 Å². The average molecular weight is 270 g/mol. The Bertz CT molecular complexity index is 588. The number of aryl methyl sites for hydroxylation is 1.